The Morgan fingerprint density at radius 3 is 2.95 bits per heavy atom. The number of carbonyl (C=O) groups is 2. The number of aromatic nitrogens is 1. The number of hydrogen-bond donors (Lipinski definition) is 1. The Morgan fingerprint density at radius 1 is 1.53 bits per heavy atom. The number of nitrogens with zero attached hydrogens (tertiary/aromatic N) is 2. The van der Waals surface area contributed by atoms with Crippen LogP contribution in [0.15, 0.2) is 18.2 Å². The van der Waals surface area contributed by atoms with Gasteiger partial charge in [-0.25, -0.2) is 4.98 Å². The van der Waals surface area contributed by atoms with Crippen LogP contribution < -0.4 is 4.90 Å². The number of fused-ring (bicyclic) bond motifs is 1. The number of aryl methyl sites for hydroxylation is 1. The Labute approximate surface area is 113 Å². The third kappa shape index (κ3) is 1.98. The number of carboxylic acids is 1. The summed E-state index contributed by atoms with van der Waals surface area (Å²) < 4.78 is 1.02. The summed E-state index contributed by atoms with van der Waals surface area (Å²) in [5.74, 6) is -1.71. The first-order chi connectivity index (χ1) is 9.06. The first-order valence-corrected chi connectivity index (χ1v) is 6.77. The molecule has 3 rings (SSSR count). The van der Waals surface area contributed by atoms with E-state index >= 15 is 0 Å². The largest absolute Gasteiger partial charge is 0.481 e. The lowest BCUT2D eigenvalue weighted by Crippen LogP contribution is -2.25. The quantitative estimate of drug-likeness (QED) is 0.911. The van der Waals surface area contributed by atoms with Crippen LogP contribution in [0.2, 0.25) is 0 Å². The Balaban J connectivity index is 1.99. The molecule has 1 saturated heterocycles. The average molecular weight is 276 g/mol. The van der Waals surface area contributed by atoms with Gasteiger partial charge in [-0.2, -0.15) is 0 Å². The standard InChI is InChI=1S/C13H12N2O3S/c1-7-3-2-4-9-11(7)14-13(19-9)15-6-8(12(17)18)5-10(15)16/h2-4,8H,5-6H2,1H3,(H,17,18)/t8-/m0/s1. The monoisotopic (exact) mass is 276 g/mol. The van der Waals surface area contributed by atoms with E-state index in [1.165, 1.54) is 16.2 Å². The van der Waals surface area contributed by atoms with Crippen LogP contribution in [0.1, 0.15) is 12.0 Å². The van der Waals surface area contributed by atoms with Crippen LogP contribution in [0.4, 0.5) is 5.13 Å². The number of aliphatic carboxylic acids is 1. The molecule has 1 aliphatic heterocycles. The molecule has 1 fully saturated rings. The van der Waals surface area contributed by atoms with Crippen LogP contribution in [-0.2, 0) is 9.59 Å². The Hall–Kier alpha value is -1.95. The zero-order valence-electron chi connectivity index (χ0n) is 10.3. The topological polar surface area (TPSA) is 70.5 Å². The highest BCUT2D eigenvalue weighted by atomic mass is 32.1. The van der Waals surface area contributed by atoms with E-state index in [1.54, 1.807) is 0 Å². The van der Waals surface area contributed by atoms with Crippen LogP contribution in [0, 0.1) is 12.8 Å². The number of carboxylic acid groups (broad SMARTS) is 1. The van der Waals surface area contributed by atoms with E-state index in [-0.39, 0.29) is 18.9 Å². The van der Waals surface area contributed by atoms with Crippen molar-refractivity contribution in [3.8, 4) is 0 Å². The van der Waals surface area contributed by atoms with Gasteiger partial charge >= 0.3 is 5.97 Å². The summed E-state index contributed by atoms with van der Waals surface area (Å²) in [6, 6.07) is 5.88. The zero-order chi connectivity index (χ0) is 13.6. The first-order valence-electron chi connectivity index (χ1n) is 5.95. The first kappa shape index (κ1) is 12.1. The van der Waals surface area contributed by atoms with E-state index in [1.807, 2.05) is 25.1 Å². The third-order valence-corrected chi connectivity index (χ3v) is 4.36. The van der Waals surface area contributed by atoms with Gasteiger partial charge in [0, 0.05) is 13.0 Å². The SMILES string of the molecule is Cc1cccc2sc(N3C[C@@H](C(=O)O)CC3=O)nc12. The number of carbonyl (C=O) groups excluding carboxylic acids is 1. The lowest BCUT2D eigenvalue weighted by molar-refractivity contribution is -0.141. The molecule has 1 atom stereocenters. The highest BCUT2D eigenvalue weighted by molar-refractivity contribution is 7.22. The Kier molecular flexibility index (Phi) is 2.74. The number of thiazole rings is 1. The lowest BCUT2D eigenvalue weighted by Gasteiger charge is -2.11. The fourth-order valence-corrected chi connectivity index (χ4v) is 3.32. The maximum absolute atomic E-state index is 11.9. The van der Waals surface area contributed by atoms with Crippen LogP contribution in [0.3, 0.4) is 0 Å². The maximum atomic E-state index is 11.9. The van der Waals surface area contributed by atoms with Gasteiger partial charge in [-0.15, -0.1) is 0 Å². The number of anilines is 1. The average Bonchev–Trinajstić information content (AvgIpc) is 2.93. The van der Waals surface area contributed by atoms with Gasteiger partial charge in [0.1, 0.15) is 0 Å². The van der Waals surface area contributed by atoms with Crippen LogP contribution in [-0.4, -0.2) is 28.5 Å². The van der Waals surface area contributed by atoms with Gasteiger partial charge in [-0.05, 0) is 18.6 Å². The van der Waals surface area contributed by atoms with Gasteiger partial charge in [-0.3, -0.25) is 14.5 Å². The lowest BCUT2D eigenvalue weighted by atomic mass is 10.1. The van der Waals surface area contributed by atoms with Crippen molar-refractivity contribution in [2.45, 2.75) is 13.3 Å². The zero-order valence-corrected chi connectivity index (χ0v) is 11.1. The molecule has 1 aliphatic rings. The predicted octanol–water partition coefficient (Wildman–Crippen LogP) is 2.04. The Bertz CT molecular complexity index is 680. The van der Waals surface area contributed by atoms with E-state index in [0.29, 0.717) is 5.13 Å². The van der Waals surface area contributed by atoms with Crippen molar-refractivity contribution in [3.63, 3.8) is 0 Å². The van der Waals surface area contributed by atoms with Crippen molar-refractivity contribution in [2.24, 2.45) is 5.92 Å². The fourth-order valence-electron chi connectivity index (χ4n) is 2.25. The van der Waals surface area contributed by atoms with Crippen LogP contribution in [0.25, 0.3) is 10.2 Å². The molecule has 2 aromatic rings. The predicted molar refractivity (Wildman–Crippen MR) is 72.5 cm³/mol. The number of benzene rings is 1. The van der Waals surface area contributed by atoms with E-state index < -0.39 is 11.9 Å². The van der Waals surface area contributed by atoms with E-state index in [4.69, 9.17) is 5.11 Å². The second-order valence-electron chi connectivity index (χ2n) is 4.66. The highest BCUT2D eigenvalue weighted by Crippen LogP contribution is 2.33. The van der Waals surface area contributed by atoms with E-state index in [0.717, 1.165) is 15.8 Å². The van der Waals surface area contributed by atoms with Gasteiger partial charge in [0.05, 0.1) is 16.1 Å². The molecule has 1 N–H and O–H groups in total. The van der Waals surface area contributed by atoms with Crippen molar-refractivity contribution in [3.05, 3.63) is 23.8 Å². The van der Waals surface area contributed by atoms with E-state index in [2.05, 4.69) is 4.98 Å². The van der Waals surface area contributed by atoms with Gasteiger partial charge in [0.15, 0.2) is 5.13 Å². The van der Waals surface area contributed by atoms with Crippen molar-refractivity contribution in [1.82, 2.24) is 4.98 Å². The summed E-state index contributed by atoms with van der Waals surface area (Å²) in [6.07, 6.45) is 0.0598. The molecule has 2 heterocycles. The third-order valence-electron chi connectivity index (χ3n) is 3.31. The smallest absolute Gasteiger partial charge is 0.308 e. The van der Waals surface area contributed by atoms with Gasteiger partial charge in [-0.1, -0.05) is 23.5 Å². The highest BCUT2D eigenvalue weighted by Gasteiger charge is 2.36. The van der Waals surface area contributed by atoms with E-state index in [9.17, 15) is 9.59 Å². The molecular formula is C13H12N2O3S. The van der Waals surface area contributed by atoms with Gasteiger partial charge in [0.25, 0.3) is 0 Å². The molecule has 1 amide bonds. The van der Waals surface area contributed by atoms with Crippen molar-refractivity contribution in [2.75, 3.05) is 11.4 Å². The van der Waals surface area contributed by atoms with Crippen LogP contribution in [0.5, 0.6) is 0 Å². The summed E-state index contributed by atoms with van der Waals surface area (Å²) in [7, 11) is 0. The number of amides is 1. The molecule has 0 radical (unpaired) electrons. The minimum absolute atomic E-state index is 0.0598. The molecule has 0 unspecified atom stereocenters. The number of hydrogen-bond acceptors (Lipinski definition) is 4. The molecule has 0 aliphatic carbocycles. The van der Waals surface area contributed by atoms with Gasteiger partial charge in [0.2, 0.25) is 5.91 Å². The molecule has 0 bridgehead atoms. The Morgan fingerprint density at radius 2 is 2.32 bits per heavy atom. The molecule has 6 heteroatoms. The summed E-state index contributed by atoms with van der Waals surface area (Å²) in [4.78, 5) is 28.8. The molecule has 1 aromatic carbocycles. The second-order valence-corrected chi connectivity index (χ2v) is 5.67. The summed E-state index contributed by atoms with van der Waals surface area (Å²) >= 11 is 1.43. The number of para-hydroxylation sites is 1. The van der Waals surface area contributed by atoms with Crippen LogP contribution >= 0.6 is 11.3 Å². The summed E-state index contributed by atoms with van der Waals surface area (Å²) in [5.41, 5.74) is 1.94. The van der Waals surface area contributed by atoms with Crippen molar-refractivity contribution >= 4 is 38.6 Å². The fraction of sp³-hybridized carbons (Fsp3) is 0.308. The second kappa shape index (κ2) is 4.31. The van der Waals surface area contributed by atoms with Gasteiger partial charge < -0.3 is 5.11 Å². The molecule has 0 spiro atoms. The summed E-state index contributed by atoms with van der Waals surface area (Å²) in [6.45, 7) is 2.19. The minimum Gasteiger partial charge on any atom is -0.481 e. The molecule has 1 aromatic heterocycles. The normalized spacial score (nSPS) is 19.3. The summed E-state index contributed by atoms with van der Waals surface area (Å²) in [5, 5.41) is 9.58. The maximum Gasteiger partial charge on any atom is 0.308 e. The molecule has 98 valence electrons. The minimum atomic E-state index is -0.923. The molecular weight excluding hydrogens is 264 g/mol. The molecule has 19 heavy (non-hydrogen) atoms. The van der Waals surface area contributed by atoms with Crippen molar-refractivity contribution < 1.29 is 14.7 Å². The molecule has 5 nitrogen and oxygen atoms in total. The van der Waals surface area contributed by atoms with Crippen molar-refractivity contribution in [1.29, 1.82) is 0 Å². The molecule has 0 saturated carbocycles. The number of rotatable bonds is 2.